The average molecular weight is 263 g/mol. The number of hydrogen-bond acceptors (Lipinski definition) is 2. The van der Waals surface area contributed by atoms with Crippen molar-refractivity contribution in [2.45, 2.75) is 46.1 Å². The minimum Gasteiger partial charge on any atom is -0.356 e. The number of fused-ring (bicyclic) bond motifs is 2. The van der Waals surface area contributed by atoms with Crippen LogP contribution < -0.4 is 0 Å². The molecule has 0 radical (unpaired) electrons. The summed E-state index contributed by atoms with van der Waals surface area (Å²) in [7, 11) is 0. The van der Waals surface area contributed by atoms with E-state index < -0.39 is 0 Å². The average Bonchev–Trinajstić information content (AvgIpc) is 2.59. The highest BCUT2D eigenvalue weighted by molar-refractivity contribution is 6.32. The predicted octanol–water partition coefficient (Wildman–Crippen LogP) is 4.38. The van der Waals surface area contributed by atoms with E-state index in [0.29, 0.717) is 0 Å². The molecule has 0 spiro atoms. The fourth-order valence-electron chi connectivity index (χ4n) is 2.88. The van der Waals surface area contributed by atoms with E-state index in [0.717, 1.165) is 30.2 Å². The van der Waals surface area contributed by atoms with Crippen molar-refractivity contribution in [3.05, 3.63) is 27.8 Å². The van der Waals surface area contributed by atoms with E-state index >= 15 is 0 Å². The van der Waals surface area contributed by atoms with Crippen LogP contribution in [0.1, 0.15) is 42.4 Å². The number of rotatable bonds is 0. The van der Waals surface area contributed by atoms with Crippen molar-refractivity contribution >= 4 is 23.1 Å². The van der Waals surface area contributed by atoms with Gasteiger partial charge in [-0.3, -0.25) is 0 Å². The van der Waals surface area contributed by atoms with Crippen molar-refractivity contribution in [2.75, 3.05) is 6.54 Å². The highest BCUT2D eigenvalue weighted by Crippen LogP contribution is 2.38. The SMILES string of the molecule is Cc1cc(Cl)c2c(c1C)N=C1CCCCCN1C2. The van der Waals surface area contributed by atoms with Gasteiger partial charge in [0.15, 0.2) is 0 Å². The van der Waals surface area contributed by atoms with Crippen LogP contribution in [0.3, 0.4) is 0 Å². The Morgan fingerprint density at radius 3 is 2.89 bits per heavy atom. The zero-order chi connectivity index (χ0) is 12.7. The number of amidine groups is 1. The molecule has 0 aromatic heterocycles. The van der Waals surface area contributed by atoms with E-state index in [1.165, 1.54) is 41.8 Å². The maximum atomic E-state index is 6.40. The lowest BCUT2D eigenvalue weighted by Gasteiger charge is -2.30. The molecule has 2 aliphatic rings. The van der Waals surface area contributed by atoms with E-state index in [4.69, 9.17) is 16.6 Å². The van der Waals surface area contributed by atoms with E-state index in [-0.39, 0.29) is 0 Å². The smallest absolute Gasteiger partial charge is 0.105 e. The van der Waals surface area contributed by atoms with Crippen molar-refractivity contribution in [1.29, 1.82) is 0 Å². The molecule has 2 aliphatic heterocycles. The summed E-state index contributed by atoms with van der Waals surface area (Å²) in [5.41, 5.74) is 4.87. The number of aryl methyl sites for hydroxylation is 1. The van der Waals surface area contributed by atoms with Crippen molar-refractivity contribution < 1.29 is 0 Å². The standard InChI is InChI=1S/C15H19ClN2/c1-10-8-13(16)12-9-18-7-5-3-4-6-14(18)17-15(12)11(10)2/h8H,3-7,9H2,1-2H3. The molecule has 0 atom stereocenters. The molecular weight excluding hydrogens is 244 g/mol. The summed E-state index contributed by atoms with van der Waals surface area (Å²) in [6.07, 6.45) is 4.97. The highest BCUT2D eigenvalue weighted by Gasteiger charge is 2.24. The van der Waals surface area contributed by atoms with Gasteiger partial charge in [0, 0.05) is 30.1 Å². The Morgan fingerprint density at radius 1 is 1.22 bits per heavy atom. The quantitative estimate of drug-likeness (QED) is 0.678. The van der Waals surface area contributed by atoms with E-state index in [9.17, 15) is 0 Å². The van der Waals surface area contributed by atoms with Gasteiger partial charge in [-0.15, -0.1) is 0 Å². The molecule has 2 heterocycles. The molecular formula is C15H19ClN2. The molecule has 1 fully saturated rings. The first kappa shape index (κ1) is 12.0. The fourth-order valence-corrected chi connectivity index (χ4v) is 3.19. The Bertz CT molecular complexity index is 520. The molecule has 3 heteroatoms. The topological polar surface area (TPSA) is 15.6 Å². The Morgan fingerprint density at radius 2 is 2.06 bits per heavy atom. The third-order valence-electron chi connectivity index (χ3n) is 4.15. The molecule has 1 aromatic carbocycles. The molecule has 0 amide bonds. The second-order valence-corrected chi connectivity index (χ2v) is 5.79. The van der Waals surface area contributed by atoms with Gasteiger partial charge in [0.25, 0.3) is 0 Å². The zero-order valence-corrected chi connectivity index (χ0v) is 11.8. The molecule has 2 nitrogen and oxygen atoms in total. The molecule has 0 N–H and O–H groups in total. The molecule has 3 rings (SSSR count). The van der Waals surface area contributed by atoms with Crippen molar-refractivity contribution in [2.24, 2.45) is 4.99 Å². The Hall–Kier alpha value is -1.02. The highest BCUT2D eigenvalue weighted by atomic mass is 35.5. The first-order chi connectivity index (χ1) is 8.66. The Labute approximate surface area is 114 Å². The summed E-state index contributed by atoms with van der Waals surface area (Å²) >= 11 is 6.40. The van der Waals surface area contributed by atoms with Crippen LogP contribution in [0.5, 0.6) is 0 Å². The molecule has 0 saturated carbocycles. The van der Waals surface area contributed by atoms with Crippen molar-refractivity contribution in [3.63, 3.8) is 0 Å². The Kier molecular flexibility index (Phi) is 3.06. The van der Waals surface area contributed by atoms with Crippen LogP contribution in [0, 0.1) is 13.8 Å². The summed E-state index contributed by atoms with van der Waals surface area (Å²) in [5, 5.41) is 0.875. The van der Waals surface area contributed by atoms with E-state index in [2.05, 4.69) is 24.8 Å². The van der Waals surface area contributed by atoms with Crippen LogP contribution in [0.4, 0.5) is 5.69 Å². The van der Waals surface area contributed by atoms with Gasteiger partial charge in [0.2, 0.25) is 0 Å². The fraction of sp³-hybridized carbons (Fsp3) is 0.533. The summed E-state index contributed by atoms with van der Waals surface area (Å²) < 4.78 is 0. The van der Waals surface area contributed by atoms with Gasteiger partial charge in [0.1, 0.15) is 5.84 Å². The van der Waals surface area contributed by atoms with Crippen LogP contribution in [0.2, 0.25) is 5.02 Å². The monoisotopic (exact) mass is 262 g/mol. The second-order valence-electron chi connectivity index (χ2n) is 5.39. The lowest BCUT2D eigenvalue weighted by atomic mass is 10.0. The number of hydrogen-bond donors (Lipinski definition) is 0. The van der Waals surface area contributed by atoms with Gasteiger partial charge in [-0.1, -0.05) is 18.0 Å². The first-order valence-electron chi connectivity index (χ1n) is 6.78. The van der Waals surface area contributed by atoms with Gasteiger partial charge >= 0.3 is 0 Å². The number of halogens is 1. The Balaban J connectivity index is 2.12. The van der Waals surface area contributed by atoms with E-state index in [1.807, 2.05) is 0 Å². The lowest BCUT2D eigenvalue weighted by molar-refractivity contribution is 0.403. The minimum absolute atomic E-state index is 0.875. The van der Waals surface area contributed by atoms with Crippen molar-refractivity contribution in [3.8, 4) is 0 Å². The third kappa shape index (κ3) is 1.93. The minimum atomic E-state index is 0.875. The van der Waals surface area contributed by atoms with Crippen LogP contribution in [0.15, 0.2) is 11.1 Å². The zero-order valence-electron chi connectivity index (χ0n) is 11.1. The lowest BCUT2D eigenvalue weighted by Crippen LogP contribution is -2.32. The van der Waals surface area contributed by atoms with Gasteiger partial charge in [-0.25, -0.2) is 4.99 Å². The van der Waals surface area contributed by atoms with Crippen LogP contribution in [-0.4, -0.2) is 17.3 Å². The first-order valence-corrected chi connectivity index (χ1v) is 7.15. The van der Waals surface area contributed by atoms with Gasteiger partial charge in [0.05, 0.1) is 5.69 Å². The molecule has 1 saturated heterocycles. The second kappa shape index (κ2) is 4.58. The summed E-state index contributed by atoms with van der Waals surface area (Å²) in [5.74, 6) is 1.27. The summed E-state index contributed by atoms with van der Waals surface area (Å²) in [6, 6.07) is 2.08. The predicted molar refractivity (Wildman–Crippen MR) is 76.9 cm³/mol. The van der Waals surface area contributed by atoms with Crippen LogP contribution >= 0.6 is 11.6 Å². The third-order valence-corrected chi connectivity index (χ3v) is 4.48. The molecule has 1 aromatic rings. The summed E-state index contributed by atoms with van der Waals surface area (Å²) in [6.45, 7) is 6.33. The largest absolute Gasteiger partial charge is 0.356 e. The number of benzene rings is 1. The van der Waals surface area contributed by atoms with E-state index in [1.54, 1.807) is 0 Å². The maximum Gasteiger partial charge on any atom is 0.105 e. The van der Waals surface area contributed by atoms with Gasteiger partial charge in [-0.2, -0.15) is 0 Å². The van der Waals surface area contributed by atoms with Gasteiger partial charge in [-0.05, 0) is 43.9 Å². The van der Waals surface area contributed by atoms with Gasteiger partial charge < -0.3 is 4.90 Å². The number of aliphatic imine (C=N–C) groups is 1. The van der Waals surface area contributed by atoms with Crippen molar-refractivity contribution in [1.82, 2.24) is 4.90 Å². The van der Waals surface area contributed by atoms with Crippen LogP contribution in [-0.2, 0) is 6.54 Å². The number of nitrogens with zero attached hydrogens (tertiary/aromatic N) is 2. The molecule has 0 aliphatic carbocycles. The molecule has 96 valence electrons. The maximum absolute atomic E-state index is 6.40. The molecule has 18 heavy (non-hydrogen) atoms. The molecule has 0 unspecified atom stereocenters. The normalized spacial score (nSPS) is 18.8. The summed E-state index contributed by atoms with van der Waals surface area (Å²) in [4.78, 5) is 7.32. The van der Waals surface area contributed by atoms with Crippen LogP contribution in [0.25, 0.3) is 0 Å². The molecule has 0 bridgehead atoms.